The third-order valence-electron chi connectivity index (χ3n) is 3.53. The van der Waals surface area contributed by atoms with Crippen LogP contribution in [0.3, 0.4) is 0 Å². The molecule has 1 atom stereocenters. The van der Waals surface area contributed by atoms with Crippen LogP contribution in [0.15, 0.2) is 47.6 Å². The number of pyridine rings is 1. The van der Waals surface area contributed by atoms with Crippen LogP contribution in [0.4, 0.5) is 11.4 Å². The van der Waals surface area contributed by atoms with Crippen molar-refractivity contribution in [3.63, 3.8) is 0 Å². The van der Waals surface area contributed by atoms with E-state index < -0.39 is 0 Å². The Balaban J connectivity index is 1.78. The Bertz CT molecular complexity index is 585. The Labute approximate surface area is 117 Å². The zero-order valence-corrected chi connectivity index (χ0v) is 11.7. The Kier molecular flexibility index (Phi) is 3.34. The molecule has 4 heteroatoms. The van der Waals surface area contributed by atoms with Gasteiger partial charge in [-0.1, -0.05) is 18.2 Å². The first-order valence-corrected chi connectivity index (χ1v) is 7.36. The van der Waals surface area contributed by atoms with Crippen molar-refractivity contribution in [2.75, 3.05) is 30.0 Å². The highest BCUT2D eigenvalue weighted by Crippen LogP contribution is 2.40. The van der Waals surface area contributed by atoms with Crippen LogP contribution >= 0.6 is 11.8 Å². The maximum atomic E-state index is 5.98. The van der Waals surface area contributed by atoms with Crippen LogP contribution in [0.1, 0.15) is 11.5 Å². The molecule has 0 bridgehead atoms. The number of likely N-dealkylation sites (N-methyl/N-ethyl adjacent to an activating group) is 1. The highest BCUT2D eigenvalue weighted by atomic mass is 32.2. The maximum Gasteiger partial charge on any atom is 0.0738 e. The Morgan fingerprint density at radius 1 is 1.37 bits per heavy atom. The lowest BCUT2D eigenvalue weighted by Crippen LogP contribution is -2.25. The van der Waals surface area contributed by atoms with Gasteiger partial charge in [-0.3, -0.25) is 4.98 Å². The topological polar surface area (TPSA) is 42.2 Å². The van der Waals surface area contributed by atoms with Crippen molar-refractivity contribution >= 4 is 23.1 Å². The molecule has 0 saturated carbocycles. The van der Waals surface area contributed by atoms with Crippen LogP contribution in [0, 0.1) is 0 Å². The Morgan fingerprint density at radius 3 is 3.05 bits per heavy atom. The van der Waals surface area contributed by atoms with E-state index in [4.69, 9.17) is 5.73 Å². The fourth-order valence-corrected chi connectivity index (χ4v) is 3.80. The minimum atomic E-state index is 0.568. The molecule has 2 N–H and O–H groups in total. The first-order chi connectivity index (χ1) is 9.25. The number of thioether (sulfide) groups is 1. The molecule has 0 amide bonds. The second-order valence-corrected chi connectivity index (χ2v) is 5.92. The van der Waals surface area contributed by atoms with Gasteiger partial charge in [0.05, 0.1) is 17.6 Å². The predicted molar refractivity (Wildman–Crippen MR) is 81.8 cm³/mol. The summed E-state index contributed by atoms with van der Waals surface area (Å²) >= 11 is 1.95. The summed E-state index contributed by atoms with van der Waals surface area (Å²) in [6.07, 6.45) is 3.50. The number of rotatable bonds is 3. The summed E-state index contributed by atoms with van der Waals surface area (Å²) in [7, 11) is 2.09. The van der Waals surface area contributed by atoms with E-state index >= 15 is 0 Å². The molecule has 0 aliphatic carbocycles. The summed E-state index contributed by atoms with van der Waals surface area (Å²) in [5.41, 5.74) is 9.25. The number of hydrogen-bond donors (Lipinski definition) is 1. The van der Waals surface area contributed by atoms with Gasteiger partial charge in [0.2, 0.25) is 0 Å². The number of benzene rings is 1. The molecule has 1 aromatic heterocycles. The molecule has 0 fully saturated rings. The van der Waals surface area contributed by atoms with Gasteiger partial charge in [0, 0.05) is 36.4 Å². The van der Waals surface area contributed by atoms with Crippen LogP contribution < -0.4 is 10.6 Å². The van der Waals surface area contributed by atoms with E-state index in [1.54, 1.807) is 12.4 Å². The number of nitrogens with zero attached hydrogens (tertiary/aromatic N) is 2. The van der Waals surface area contributed by atoms with Crippen molar-refractivity contribution in [1.29, 1.82) is 0 Å². The molecule has 1 aliphatic heterocycles. The van der Waals surface area contributed by atoms with Crippen LogP contribution in [0.25, 0.3) is 0 Å². The second-order valence-electron chi connectivity index (χ2n) is 4.86. The standard InChI is InChI=1S/C15H17N3S/c1-18(14-6-7-17-8-13(14)16)9-11-10-19-15-5-3-2-4-12(11)15/h2-8,11H,9-10,16H2,1H3. The predicted octanol–water partition coefficient (Wildman–Crippen LogP) is 2.99. The lowest BCUT2D eigenvalue weighted by molar-refractivity contribution is 0.745. The minimum absolute atomic E-state index is 0.568. The number of aromatic nitrogens is 1. The van der Waals surface area contributed by atoms with Crippen LogP contribution in [-0.4, -0.2) is 24.3 Å². The molecule has 1 aromatic carbocycles. The molecule has 1 unspecified atom stereocenters. The molecular formula is C15H17N3S. The number of anilines is 2. The Morgan fingerprint density at radius 2 is 2.21 bits per heavy atom. The summed E-state index contributed by atoms with van der Waals surface area (Å²) in [5.74, 6) is 1.72. The SMILES string of the molecule is CN(CC1CSc2ccccc21)c1ccncc1N. The van der Waals surface area contributed by atoms with E-state index in [2.05, 4.69) is 41.2 Å². The van der Waals surface area contributed by atoms with Crippen molar-refractivity contribution in [3.8, 4) is 0 Å². The minimum Gasteiger partial charge on any atom is -0.396 e. The first-order valence-electron chi connectivity index (χ1n) is 6.38. The van der Waals surface area contributed by atoms with E-state index in [9.17, 15) is 0 Å². The van der Waals surface area contributed by atoms with Crippen LogP contribution in [0.2, 0.25) is 0 Å². The fraction of sp³-hybridized carbons (Fsp3) is 0.267. The van der Waals surface area contributed by atoms with E-state index in [0.717, 1.165) is 23.7 Å². The lowest BCUT2D eigenvalue weighted by Gasteiger charge is -2.24. The average Bonchev–Trinajstić information content (AvgIpc) is 2.83. The normalized spacial score (nSPS) is 17.2. The summed E-state index contributed by atoms with van der Waals surface area (Å²) in [4.78, 5) is 7.69. The van der Waals surface area contributed by atoms with Crippen molar-refractivity contribution < 1.29 is 0 Å². The molecule has 2 aromatic rings. The van der Waals surface area contributed by atoms with Crippen LogP contribution in [0.5, 0.6) is 0 Å². The van der Waals surface area contributed by atoms with Gasteiger partial charge in [0.15, 0.2) is 0 Å². The van der Waals surface area contributed by atoms with Gasteiger partial charge in [-0.15, -0.1) is 11.8 Å². The maximum absolute atomic E-state index is 5.98. The molecule has 1 aliphatic rings. The molecule has 2 heterocycles. The molecule has 19 heavy (non-hydrogen) atoms. The van der Waals surface area contributed by atoms with Gasteiger partial charge in [0.1, 0.15) is 0 Å². The van der Waals surface area contributed by atoms with E-state index in [1.807, 2.05) is 17.8 Å². The molecule has 0 spiro atoms. The third kappa shape index (κ3) is 2.40. The van der Waals surface area contributed by atoms with Gasteiger partial charge >= 0.3 is 0 Å². The third-order valence-corrected chi connectivity index (χ3v) is 4.78. The number of nitrogen functional groups attached to an aromatic ring is 1. The summed E-state index contributed by atoms with van der Waals surface area (Å²) in [6, 6.07) is 10.7. The zero-order valence-electron chi connectivity index (χ0n) is 10.9. The molecule has 0 radical (unpaired) electrons. The van der Waals surface area contributed by atoms with Gasteiger partial charge in [-0.2, -0.15) is 0 Å². The zero-order chi connectivity index (χ0) is 13.2. The van der Waals surface area contributed by atoms with Crippen LogP contribution in [-0.2, 0) is 0 Å². The molecule has 0 saturated heterocycles. The van der Waals surface area contributed by atoms with Crippen molar-refractivity contribution in [1.82, 2.24) is 4.98 Å². The van der Waals surface area contributed by atoms with Gasteiger partial charge in [-0.05, 0) is 17.7 Å². The largest absolute Gasteiger partial charge is 0.396 e. The first kappa shape index (κ1) is 12.4. The smallest absolute Gasteiger partial charge is 0.0738 e. The summed E-state index contributed by atoms with van der Waals surface area (Å²) in [6.45, 7) is 0.984. The average molecular weight is 271 g/mol. The van der Waals surface area contributed by atoms with E-state index in [-0.39, 0.29) is 0 Å². The number of hydrogen-bond acceptors (Lipinski definition) is 4. The quantitative estimate of drug-likeness (QED) is 0.932. The van der Waals surface area contributed by atoms with E-state index in [0.29, 0.717) is 5.92 Å². The summed E-state index contributed by atoms with van der Waals surface area (Å²) in [5, 5.41) is 0. The number of nitrogens with two attached hydrogens (primary N) is 1. The molecule has 3 nitrogen and oxygen atoms in total. The summed E-state index contributed by atoms with van der Waals surface area (Å²) < 4.78 is 0. The Hall–Kier alpha value is -1.68. The fourth-order valence-electron chi connectivity index (χ4n) is 2.56. The van der Waals surface area contributed by atoms with Crippen molar-refractivity contribution in [3.05, 3.63) is 48.3 Å². The molecule has 3 rings (SSSR count). The van der Waals surface area contributed by atoms with E-state index in [1.165, 1.54) is 10.5 Å². The highest BCUT2D eigenvalue weighted by Gasteiger charge is 2.24. The van der Waals surface area contributed by atoms with Crippen molar-refractivity contribution in [2.24, 2.45) is 0 Å². The van der Waals surface area contributed by atoms with Gasteiger partial charge < -0.3 is 10.6 Å². The lowest BCUT2D eigenvalue weighted by atomic mass is 10.0. The molecule has 98 valence electrons. The monoisotopic (exact) mass is 271 g/mol. The second kappa shape index (κ2) is 5.13. The van der Waals surface area contributed by atoms with Crippen molar-refractivity contribution in [2.45, 2.75) is 10.8 Å². The highest BCUT2D eigenvalue weighted by molar-refractivity contribution is 7.99. The number of fused-ring (bicyclic) bond motifs is 1. The van der Waals surface area contributed by atoms with Gasteiger partial charge in [-0.25, -0.2) is 0 Å². The molecular weight excluding hydrogens is 254 g/mol. The van der Waals surface area contributed by atoms with Gasteiger partial charge in [0.25, 0.3) is 0 Å².